The van der Waals surface area contributed by atoms with Gasteiger partial charge in [0.2, 0.25) is 0 Å². The number of aromatic nitrogens is 1. The van der Waals surface area contributed by atoms with Gasteiger partial charge in [-0.3, -0.25) is 0 Å². The van der Waals surface area contributed by atoms with E-state index < -0.39 is 5.97 Å². The molecule has 1 aliphatic rings. The van der Waals surface area contributed by atoms with Gasteiger partial charge in [0.15, 0.2) is 0 Å². The molecular weight excluding hydrogens is 204 g/mol. The van der Waals surface area contributed by atoms with Crippen molar-refractivity contribution in [2.75, 3.05) is 5.73 Å². The first-order chi connectivity index (χ1) is 7.66. The summed E-state index contributed by atoms with van der Waals surface area (Å²) >= 11 is 0. The topological polar surface area (TPSA) is 79.1 Å². The summed E-state index contributed by atoms with van der Waals surface area (Å²) in [5.74, 6) is -0.933. The number of hydrogen-bond donors (Lipinski definition) is 3. The molecule has 0 fully saturated rings. The van der Waals surface area contributed by atoms with Gasteiger partial charge in [0.1, 0.15) is 0 Å². The fourth-order valence-electron chi connectivity index (χ4n) is 2.54. The number of nitrogen functional groups attached to an aromatic ring is 1. The van der Waals surface area contributed by atoms with E-state index in [1.54, 1.807) is 0 Å². The number of hydrogen-bond acceptors (Lipinski definition) is 2. The lowest BCUT2D eigenvalue weighted by molar-refractivity contribution is 0.0699. The van der Waals surface area contributed by atoms with Crippen LogP contribution in [0.3, 0.4) is 0 Å². The molecule has 0 saturated carbocycles. The second-order valence-corrected chi connectivity index (χ2v) is 4.23. The van der Waals surface area contributed by atoms with Crippen LogP contribution in [0.4, 0.5) is 5.69 Å². The van der Waals surface area contributed by atoms with Crippen molar-refractivity contribution in [2.45, 2.75) is 19.3 Å². The molecule has 82 valence electrons. The molecule has 2 aromatic rings. The molecule has 4 heteroatoms. The van der Waals surface area contributed by atoms with Gasteiger partial charge in [-0.2, -0.15) is 0 Å². The summed E-state index contributed by atoms with van der Waals surface area (Å²) in [6.07, 6.45) is 3.15. The minimum absolute atomic E-state index is 0.268. The molecule has 1 aliphatic carbocycles. The summed E-state index contributed by atoms with van der Waals surface area (Å²) < 4.78 is 0. The van der Waals surface area contributed by atoms with E-state index in [0.717, 1.165) is 24.6 Å². The molecule has 0 unspecified atom stereocenters. The fraction of sp³-hybridized carbons (Fsp3) is 0.250. The Morgan fingerprint density at radius 1 is 1.38 bits per heavy atom. The van der Waals surface area contributed by atoms with E-state index in [1.165, 1.54) is 17.3 Å². The quantitative estimate of drug-likeness (QED) is 0.637. The third kappa shape index (κ3) is 1.13. The molecule has 4 N–H and O–H groups in total. The maximum Gasteiger partial charge on any atom is 0.337 e. The van der Waals surface area contributed by atoms with E-state index in [1.807, 2.05) is 6.07 Å². The average molecular weight is 216 g/mol. The molecule has 1 aromatic carbocycles. The van der Waals surface area contributed by atoms with Crippen LogP contribution in [-0.2, 0) is 12.8 Å². The Morgan fingerprint density at radius 3 is 2.94 bits per heavy atom. The maximum absolute atomic E-state index is 11.1. The number of aromatic carboxylic acids is 1. The molecule has 0 spiro atoms. The molecular formula is C12H12N2O2. The number of benzene rings is 1. The van der Waals surface area contributed by atoms with Crippen molar-refractivity contribution >= 4 is 22.6 Å². The number of carboxylic acids is 1. The second-order valence-electron chi connectivity index (χ2n) is 4.23. The first-order valence-corrected chi connectivity index (χ1v) is 5.33. The first-order valence-electron chi connectivity index (χ1n) is 5.33. The van der Waals surface area contributed by atoms with Gasteiger partial charge in [-0.15, -0.1) is 0 Å². The average Bonchev–Trinajstić information content (AvgIpc) is 2.77. The molecule has 1 aromatic heterocycles. The number of aryl methyl sites for hydroxylation is 2. The predicted octanol–water partition coefficient (Wildman–Crippen LogP) is 1.94. The Labute approximate surface area is 92.1 Å². The highest BCUT2D eigenvalue weighted by atomic mass is 16.4. The third-order valence-electron chi connectivity index (χ3n) is 3.21. The van der Waals surface area contributed by atoms with Gasteiger partial charge in [-0.1, -0.05) is 0 Å². The van der Waals surface area contributed by atoms with Crippen LogP contribution < -0.4 is 5.73 Å². The normalized spacial score (nSPS) is 14.2. The van der Waals surface area contributed by atoms with Gasteiger partial charge in [-0.05, 0) is 37.0 Å². The molecule has 0 atom stereocenters. The van der Waals surface area contributed by atoms with E-state index in [4.69, 9.17) is 10.8 Å². The Morgan fingerprint density at radius 2 is 2.19 bits per heavy atom. The van der Waals surface area contributed by atoms with Gasteiger partial charge in [-0.25, -0.2) is 4.79 Å². The fourth-order valence-corrected chi connectivity index (χ4v) is 2.54. The largest absolute Gasteiger partial charge is 0.478 e. The Kier molecular flexibility index (Phi) is 1.74. The lowest BCUT2D eigenvalue weighted by atomic mass is 10.1. The molecule has 16 heavy (non-hydrogen) atoms. The highest BCUT2D eigenvalue weighted by molar-refractivity contribution is 6.05. The number of aromatic amines is 1. The Bertz CT molecular complexity index is 599. The van der Waals surface area contributed by atoms with Crippen LogP contribution in [0.2, 0.25) is 0 Å². The zero-order chi connectivity index (χ0) is 11.3. The lowest BCUT2D eigenvalue weighted by Gasteiger charge is -2.01. The molecule has 4 nitrogen and oxygen atoms in total. The summed E-state index contributed by atoms with van der Waals surface area (Å²) in [6, 6.07) is 3.37. The van der Waals surface area contributed by atoms with Crippen molar-refractivity contribution in [1.29, 1.82) is 0 Å². The van der Waals surface area contributed by atoms with Gasteiger partial charge < -0.3 is 15.8 Å². The standard InChI is InChI=1S/C12H12N2O2/c13-6-4-8-7-2-1-3-10(7)14-11(8)9(5-6)12(15)16/h4-5,14H,1-3,13H2,(H,15,16). The van der Waals surface area contributed by atoms with Gasteiger partial charge >= 0.3 is 5.97 Å². The SMILES string of the molecule is Nc1cc(C(=O)O)c2[nH]c3c(c2c1)CCC3. The van der Waals surface area contributed by atoms with Crippen LogP contribution in [0.25, 0.3) is 10.9 Å². The van der Waals surface area contributed by atoms with Crippen molar-refractivity contribution in [3.63, 3.8) is 0 Å². The molecule has 1 heterocycles. The second kappa shape index (κ2) is 3.01. The van der Waals surface area contributed by atoms with Crippen molar-refractivity contribution in [3.8, 4) is 0 Å². The van der Waals surface area contributed by atoms with Gasteiger partial charge in [0.25, 0.3) is 0 Å². The summed E-state index contributed by atoms with van der Waals surface area (Å²) in [5, 5.41) is 10.1. The van der Waals surface area contributed by atoms with Gasteiger partial charge in [0, 0.05) is 16.8 Å². The number of nitrogens with two attached hydrogens (primary N) is 1. The van der Waals surface area contributed by atoms with Crippen LogP contribution in [0, 0.1) is 0 Å². The molecule has 0 amide bonds. The zero-order valence-corrected chi connectivity index (χ0v) is 8.71. The monoisotopic (exact) mass is 216 g/mol. The number of anilines is 1. The molecule has 0 aliphatic heterocycles. The first kappa shape index (κ1) is 9.27. The van der Waals surface area contributed by atoms with Crippen molar-refractivity contribution in [2.24, 2.45) is 0 Å². The predicted molar refractivity (Wildman–Crippen MR) is 61.7 cm³/mol. The van der Waals surface area contributed by atoms with Crippen molar-refractivity contribution in [3.05, 3.63) is 29.0 Å². The molecule has 0 radical (unpaired) electrons. The van der Waals surface area contributed by atoms with Crippen LogP contribution in [0.15, 0.2) is 12.1 Å². The van der Waals surface area contributed by atoms with Crippen molar-refractivity contribution < 1.29 is 9.90 Å². The number of rotatable bonds is 1. The van der Waals surface area contributed by atoms with Gasteiger partial charge in [0.05, 0.1) is 11.1 Å². The Hall–Kier alpha value is -1.97. The number of carbonyl (C=O) groups is 1. The minimum Gasteiger partial charge on any atom is -0.478 e. The summed E-state index contributed by atoms with van der Waals surface area (Å²) in [4.78, 5) is 14.3. The van der Waals surface area contributed by atoms with E-state index >= 15 is 0 Å². The number of nitrogens with one attached hydrogen (secondary N) is 1. The zero-order valence-electron chi connectivity index (χ0n) is 8.71. The summed E-state index contributed by atoms with van der Waals surface area (Å²) in [5.41, 5.74) is 9.64. The van der Waals surface area contributed by atoms with E-state index in [0.29, 0.717) is 11.2 Å². The molecule has 0 saturated heterocycles. The number of H-pyrrole nitrogens is 1. The summed E-state index contributed by atoms with van der Waals surface area (Å²) in [6.45, 7) is 0. The van der Waals surface area contributed by atoms with Crippen molar-refractivity contribution in [1.82, 2.24) is 4.98 Å². The molecule has 3 rings (SSSR count). The number of carboxylic acid groups (broad SMARTS) is 1. The third-order valence-corrected chi connectivity index (χ3v) is 3.21. The summed E-state index contributed by atoms with van der Waals surface area (Å²) in [7, 11) is 0. The van der Waals surface area contributed by atoms with Crippen LogP contribution >= 0.6 is 0 Å². The minimum atomic E-state index is -0.933. The van der Waals surface area contributed by atoms with E-state index in [9.17, 15) is 4.79 Å². The van der Waals surface area contributed by atoms with E-state index in [2.05, 4.69) is 4.98 Å². The van der Waals surface area contributed by atoms with Crippen LogP contribution in [0.1, 0.15) is 28.0 Å². The smallest absolute Gasteiger partial charge is 0.337 e. The van der Waals surface area contributed by atoms with Crippen LogP contribution in [0.5, 0.6) is 0 Å². The lowest BCUT2D eigenvalue weighted by Crippen LogP contribution is -1.99. The number of fused-ring (bicyclic) bond motifs is 3. The highest BCUT2D eigenvalue weighted by Crippen LogP contribution is 2.33. The molecule has 0 bridgehead atoms. The highest BCUT2D eigenvalue weighted by Gasteiger charge is 2.20. The van der Waals surface area contributed by atoms with E-state index in [-0.39, 0.29) is 5.56 Å². The maximum atomic E-state index is 11.1. The Balaban J connectivity index is 2.40. The van der Waals surface area contributed by atoms with Crippen LogP contribution in [-0.4, -0.2) is 16.1 Å².